The summed E-state index contributed by atoms with van der Waals surface area (Å²) in [4.78, 5) is -2.28. The summed E-state index contributed by atoms with van der Waals surface area (Å²) >= 11 is 30.4. The molecule has 0 aliphatic heterocycles. The molecule has 19 heavy (non-hydrogen) atoms. The molecule has 0 amide bonds. The third kappa shape index (κ3) is 33.2. The van der Waals surface area contributed by atoms with Crippen LogP contribution < -0.4 is 15.3 Å². The SMILES string of the molecule is CC([O-])C(Cl)Cl.CC([O-])C(Cl)Cl.CC([O-])C(Cl)Cl.[Al+3]. The Bertz CT molecular complexity index is 124. The van der Waals surface area contributed by atoms with Crippen molar-refractivity contribution in [3.63, 3.8) is 0 Å². The number of hydrogen-bond acceptors (Lipinski definition) is 3. The maximum atomic E-state index is 9.96. The minimum absolute atomic E-state index is 0. The van der Waals surface area contributed by atoms with Crippen LogP contribution in [0.2, 0.25) is 0 Å². The van der Waals surface area contributed by atoms with Crippen LogP contribution in [-0.2, 0) is 0 Å². The van der Waals surface area contributed by atoms with Crippen LogP contribution in [0.15, 0.2) is 0 Å². The molecule has 3 atom stereocenters. The van der Waals surface area contributed by atoms with E-state index in [9.17, 15) is 15.3 Å². The fraction of sp³-hybridized carbons (Fsp3) is 1.00. The molecule has 0 aromatic carbocycles. The molecule has 0 saturated heterocycles. The van der Waals surface area contributed by atoms with Gasteiger partial charge in [0.25, 0.3) is 0 Å². The fourth-order valence-electron chi connectivity index (χ4n) is 0. The van der Waals surface area contributed by atoms with Crippen molar-refractivity contribution in [2.24, 2.45) is 0 Å². The van der Waals surface area contributed by atoms with E-state index in [1.807, 2.05) is 0 Å². The molecule has 0 fully saturated rings. The van der Waals surface area contributed by atoms with E-state index >= 15 is 0 Å². The van der Waals surface area contributed by atoms with Crippen LogP contribution >= 0.6 is 69.6 Å². The molecule has 0 spiro atoms. The molecular formula is C9H15AlCl6O3. The largest absolute Gasteiger partial charge is 3.00 e. The Morgan fingerprint density at radius 3 is 0.579 bits per heavy atom. The molecule has 0 aromatic rings. The molecule has 0 heterocycles. The van der Waals surface area contributed by atoms with E-state index in [2.05, 4.69) is 0 Å². The number of hydrogen-bond donors (Lipinski definition) is 0. The van der Waals surface area contributed by atoms with Crippen LogP contribution in [0.5, 0.6) is 0 Å². The monoisotopic (exact) mass is 408 g/mol. The van der Waals surface area contributed by atoms with E-state index in [0.717, 1.165) is 0 Å². The summed E-state index contributed by atoms with van der Waals surface area (Å²) in [5, 5.41) is 29.9. The maximum absolute atomic E-state index is 9.96. The molecule has 0 radical (unpaired) electrons. The van der Waals surface area contributed by atoms with Crippen molar-refractivity contribution in [3.05, 3.63) is 0 Å². The quantitative estimate of drug-likeness (QED) is 0.519. The third-order valence-electron chi connectivity index (χ3n) is 1.06. The van der Waals surface area contributed by atoms with Crippen LogP contribution in [0.4, 0.5) is 0 Å². The minimum atomic E-state index is -0.867. The summed E-state index contributed by atoms with van der Waals surface area (Å²) in [5.41, 5.74) is 0. The van der Waals surface area contributed by atoms with Crippen molar-refractivity contribution in [2.45, 2.75) is 53.6 Å². The predicted octanol–water partition coefficient (Wildman–Crippen LogP) is 1.24. The van der Waals surface area contributed by atoms with Crippen molar-refractivity contribution in [1.29, 1.82) is 0 Å². The summed E-state index contributed by atoms with van der Waals surface area (Å²) < 4.78 is 0. The molecule has 0 aliphatic rings. The van der Waals surface area contributed by atoms with Gasteiger partial charge in [0.1, 0.15) is 0 Å². The number of halogens is 6. The van der Waals surface area contributed by atoms with Crippen molar-refractivity contribution in [2.75, 3.05) is 0 Å². The van der Waals surface area contributed by atoms with Gasteiger partial charge >= 0.3 is 17.4 Å². The summed E-state index contributed by atoms with van der Waals surface area (Å²) in [6, 6.07) is 0. The fourth-order valence-corrected chi connectivity index (χ4v) is 0. The normalized spacial score (nSPS) is 14.7. The Morgan fingerprint density at radius 1 is 0.526 bits per heavy atom. The van der Waals surface area contributed by atoms with Crippen LogP contribution in [-0.4, -0.2) is 50.2 Å². The second-order valence-corrected chi connectivity index (χ2v) is 6.61. The molecule has 10 heteroatoms. The molecule has 0 bridgehead atoms. The van der Waals surface area contributed by atoms with E-state index in [1.54, 1.807) is 0 Å². The van der Waals surface area contributed by atoms with E-state index in [1.165, 1.54) is 20.8 Å². The standard InChI is InChI=1S/3C3H5Cl2O.Al/c3*1-2(6)3(4)5;/h3*2-3H,1H3;/q3*-1;+3. The van der Waals surface area contributed by atoms with Gasteiger partial charge in [0.05, 0.1) is 14.5 Å². The van der Waals surface area contributed by atoms with Gasteiger partial charge in [-0.05, 0) is 0 Å². The van der Waals surface area contributed by atoms with E-state index in [-0.39, 0.29) is 17.4 Å². The van der Waals surface area contributed by atoms with Gasteiger partial charge in [-0.1, -0.05) is 39.1 Å². The van der Waals surface area contributed by atoms with Crippen LogP contribution in [0.3, 0.4) is 0 Å². The van der Waals surface area contributed by atoms with E-state index < -0.39 is 32.8 Å². The van der Waals surface area contributed by atoms with Crippen molar-refractivity contribution in [3.8, 4) is 0 Å². The smallest absolute Gasteiger partial charge is 0.850 e. The zero-order valence-corrected chi connectivity index (χ0v) is 16.2. The zero-order chi connectivity index (χ0) is 15.5. The molecule has 0 aliphatic carbocycles. The molecule has 3 unspecified atom stereocenters. The van der Waals surface area contributed by atoms with Crippen molar-refractivity contribution < 1.29 is 15.3 Å². The summed E-state index contributed by atoms with van der Waals surface area (Å²) in [6.45, 7) is 4.26. The summed E-state index contributed by atoms with van der Waals surface area (Å²) in [5.74, 6) is 0. The van der Waals surface area contributed by atoms with E-state index in [4.69, 9.17) is 69.6 Å². The van der Waals surface area contributed by atoms with Gasteiger partial charge in [0, 0.05) is 0 Å². The van der Waals surface area contributed by atoms with Crippen molar-refractivity contribution in [1.82, 2.24) is 0 Å². The molecule has 0 saturated carbocycles. The predicted molar refractivity (Wildman–Crippen MR) is 80.6 cm³/mol. The topological polar surface area (TPSA) is 69.2 Å². The number of alkyl halides is 6. The van der Waals surface area contributed by atoms with Gasteiger partial charge in [-0.3, -0.25) is 0 Å². The molecular weight excluding hydrogens is 396 g/mol. The van der Waals surface area contributed by atoms with Gasteiger partial charge < -0.3 is 15.3 Å². The summed E-state index contributed by atoms with van der Waals surface area (Å²) in [7, 11) is 0. The van der Waals surface area contributed by atoms with Crippen LogP contribution in [0, 0.1) is 0 Å². The molecule has 114 valence electrons. The first kappa shape index (κ1) is 29.2. The first-order valence-corrected chi connectivity index (χ1v) is 7.37. The number of rotatable bonds is 3. The second kappa shape index (κ2) is 18.2. The first-order chi connectivity index (χ1) is 7.93. The van der Waals surface area contributed by atoms with Crippen LogP contribution in [0.1, 0.15) is 20.8 Å². The Labute approximate surface area is 155 Å². The van der Waals surface area contributed by atoms with Crippen molar-refractivity contribution >= 4 is 87.0 Å². The Morgan fingerprint density at radius 2 is 0.579 bits per heavy atom. The van der Waals surface area contributed by atoms with Gasteiger partial charge in [-0.2, -0.15) is 0 Å². The Hall–Kier alpha value is 2.15. The minimum Gasteiger partial charge on any atom is -0.850 e. The first-order valence-electron chi connectivity index (χ1n) is 4.75. The van der Waals surface area contributed by atoms with Crippen LogP contribution in [0.25, 0.3) is 0 Å². The molecule has 3 nitrogen and oxygen atoms in total. The Balaban J connectivity index is -0.0000000865. The Kier molecular flexibility index (Phi) is 28.0. The maximum Gasteiger partial charge on any atom is 3.00 e. The second-order valence-electron chi connectivity index (χ2n) is 3.12. The average molecular weight is 411 g/mol. The zero-order valence-electron chi connectivity index (χ0n) is 10.5. The van der Waals surface area contributed by atoms with Gasteiger partial charge in [-0.15, -0.1) is 69.6 Å². The molecule has 0 N–H and O–H groups in total. The van der Waals surface area contributed by atoms with Gasteiger partial charge in [0.2, 0.25) is 0 Å². The van der Waals surface area contributed by atoms with E-state index in [0.29, 0.717) is 0 Å². The third-order valence-corrected chi connectivity index (χ3v) is 3.19. The van der Waals surface area contributed by atoms with Gasteiger partial charge in [0.15, 0.2) is 0 Å². The summed E-state index contributed by atoms with van der Waals surface area (Å²) in [6.07, 6.45) is -2.60. The molecule has 0 rings (SSSR count). The average Bonchev–Trinajstić information content (AvgIpc) is 2.18. The van der Waals surface area contributed by atoms with Gasteiger partial charge in [-0.25, -0.2) is 0 Å². The molecule has 0 aromatic heterocycles.